The van der Waals surface area contributed by atoms with Crippen LogP contribution in [0.4, 0.5) is 10.1 Å². The molecule has 1 saturated heterocycles. The summed E-state index contributed by atoms with van der Waals surface area (Å²) in [7, 11) is 0. The Balaban J connectivity index is 1.17. The number of likely N-dealkylation sites (tertiary alicyclic amines) is 1. The van der Waals surface area contributed by atoms with Gasteiger partial charge >= 0.3 is 0 Å². The minimum atomic E-state index is -0.267. The fourth-order valence-corrected chi connectivity index (χ4v) is 5.80. The maximum atomic E-state index is 13.1. The van der Waals surface area contributed by atoms with E-state index < -0.39 is 0 Å². The third-order valence-corrected chi connectivity index (χ3v) is 8.01. The van der Waals surface area contributed by atoms with Gasteiger partial charge in [0.25, 0.3) is 5.91 Å². The highest BCUT2D eigenvalue weighted by molar-refractivity contribution is 7.10. The van der Waals surface area contributed by atoms with Gasteiger partial charge in [-0.3, -0.25) is 9.59 Å². The Labute approximate surface area is 226 Å². The van der Waals surface area contributed by atoms with E-state index in [4.69, 9.17) is 0 Å². The molecule has 1 aliphatic heterocycles. The summed E-state index contributed by atoms with van der Waals surface area (Å²) in [5.41, 5.74) is 5.29. The molecule has 5 rings (SSSR count). The highest BCUT2D eigenvalue weighted by atomic mass is 32.1. The van der Waals surface area contributed by atoms with Crippen LogP contribution >= 0.6 is 11.3 Å². The van der Waals surface area contributed by atoms with E-state index in [2.05, 4.69) is 16.4 Å². The van der Waals surface area contributed by atoms with Gasteiger partial charge in [0, 0.05) is 42.1 Å². The Morgan fingerprint density at radius 3 is 2.50 bits per heavy atom. The second-order valence-electron chi connectivity index (χ2n) is 9.72. The number of nitrogens with one attached hydrogen (secondary N) is 1. The van der Waals surface area contributed by atoms with Gasteiger partial charge in [-0.1, -0.05) is 54.1 Å². The molecule has 4 aromatic rings. The lowest BCUT2D eigenvalue weighted by molar-refractivity contribution is -0.132. The summed E-state index contributed by atoms with van der Waals surface area (Å²) in [4.78, 5) is 32.4. The standard InChI is InChI=1S/C31H30FN3O2S/c1-21-7-13-27(26(19-21)23-5-3-2-4-6-23)33-30(37)28-20-38-31(34-28)24-15-17-35(18-16-24)29(36)14-10-22-8-11-25(32)12-9-22/h2-9,11-13,19-20,24H,10,14-18H2,1H3,(H,33,37). The summed E-state index contributed by atoms with van der Waals surface area (Å²) in [6.07, 6.45) is 2.68. The van der Waals surface area contributed by atoms with Crippen LogP contribution in [0.15, 0.2) is 78.2 Å². The maximum absolute atomic E-state index is 13.1. The summed E-state index contributed by atoms with van der Waals surface area (Å²) in [6, 6.07) is 22.3. The van der Waals surface area contributed by atoms with Gasteiger partial charge in [0.15, 0.2) is 0 Å². The zero-order valence-electron chi connectivity index (χ0n) is 21.3. The molecule has 2 heterocycles. The fraction of sp³-hybridized carbons (Fsp3) is 0.258. The summed E-state index contributed by atoms with van der Waals surface area (Å²) in [6.45, 7) is 3.39. The zero-order chi connectivity index (χ0) is 26.5. The van der Waals surface area contributed by atoms with Gasteiger partial charge in [0.1, 0.15) is 11.5 Å². The lowest BCUT2D eigenvalue weighted by Gasteiger charge is -2.31. The first kappa shape index (κ1) is 25.8. The highest BCUT2D eigenvalue weighted by Crippen LogP contribution is 2.32. The molecule has 1 aliphatic rings. The number of aryl methyl sites for hydroxylation is 2. The van der Waals surface area contributed by atoms with Gasteiger partial charge in [0.2, 0.25) is 5.91 Å². The first-order valence-corrected chi connectivity index (χ1v) is 13.8. The molecule has 0 atom stereocenters. The second kappa shape index (κ2) is 11.7. The van der Waals surface area contributed by atoms with Crippen molar-refractivity contribution in [3.63, 3.8) is 0 Å². The van der Waals surface area contributed by atoms with E-state index in [1.165, 1.54) is 23.5 Å². The van der Waals surface area contributed by atoms with E-state index in [0.717, 1.165) is 45.8 Å². The lowest BCUT2D eigenvalue weighted by Crippen LogP contribution is -2.38. The molecule has 0 spiro atoms. The Bertz CT molecular complexity index is 1410. The number of anilines is 1. The van der Waals surface area contributed by atoms with Crippen LogP contribution in [-0.2, 0) is 11.2 Å². The molecule has 1 N–H and O–H groups in total. The summed E-state index contributed by atoms with van der Waals surface area (Å²) in [5, 5.41) is 5.82. The molecule has 0 bridgehead atoms. The molecule has 7 heteroatoms. The van der Waals surface area contributed by atoms with Gasteiger partial charge in [-0.25, -0.2) is 9.37 Å². The van der Waals surface area contributed by atoms with Crippen LogP contribution < -0.4 is 5.32 Å². The predicted molar refractivity (Wildman–Crippen MR) is 150 cm³/mol. The average molecular weight is 528 g/mol. The Kier molecular flexibility index (Phi) is 7.94. The largest absolute Gasteiger partial charge is 0.343 e. The lowest BCUT2D eigenvalue weighted by atomic mass is 9.97. The third-order valence-electron chi connectivity index (χ3n) is 7.00. The number of piperidine rings is 1. The summed E-state index contributed by atoms with van der Waals surface area (Å²) < 4.78 is 13.1. The van der Waals surface area contributed by atoms with Crippen molar-refractivity contribution >= 4 is 28.8 Å². The van der Waals surface area contributed by atoms with Crippen molar-refractivity contribution in [3.05, 3.63) is 106 Å². The minimum absolute atomic E-state index is 0.124. The van der Waals surface area contributed by atoms with Gasteiger partial charge in [-0.05, 0) is 61.6 Å². The molecule has 0 unspecified atom stereocenters. The molecule has 5 nitrogen and oxygen atoms in total. The smallest absolute Gasteiger partial charge is 0.275 e. The van der Waals surface area contributed by atoms with E-state index in [1.54, 1.807) is 12.1 Å². The van der Waals surface area contributed by atoms with Crippen LogP contribution in [0.2, 0.25) is 0 Å². The summed E-state index contributed by atoms with van der Waals surface area (Å²) in [5.74, 6) is -0.125. The number of nitrogens with zero attached hydrogens (tertiary/aromatic N) is 2. The molecular formula is C31H30FN3O2S. The van der Waals surface area contributed by atoms with Gasteiger partial charge < -0.3 is 10.2 Å². The minimum Gasteiger partial charge on any atom is -0.343 e. The van der Waals surface area contributed by atoms with Gasteiger partial charge in [0.05, 0.1) is 5.01 Å². The number of carbonyl (C=O) groups is 2. The predicted octanol–water partition coefficient (Wildman–Crippen LogP) is 6.85. The molecule has 3 aromatic carbocycles. The van der Waals surface area contributed by atoms with Crippen molar-refractivity contribution in [2.45, 2.75) is 38.5 Å². The molecule has 0 saturated carbocycles. The van der Waals surface area contributed by atoms with Crippen molar-refractivity contribution in [1.29, 1.82) is 0 Å². The number of thiazole rings is 1. The van der Waals surface area contributed by atoms with Crippen LogP contribution in [0.3, 0.4) is 0 Å². The third kappa shape index (κ3) is 6.17. The van der Waals surface area contributed by atoms with Crippen LogP contribution in [-0.4, -0.2) is 34.8 Å². The first-order chi connectivity index (χ1) is 18.5. The number of hydrogen-bond acceptors (Lipinski definition) is 4. The molecule has 0 aliphatic carbocycles. The molecular weight excluding hydrogens is 497 g/mol. The van der Waals surface area contributed by atoms with E-state index in [0.29, 0.717) is 31.6 Å². The number of amides is 2. The summed E-state index contributed by atoms with van der Waals surface area (Å²) >= 11 is 1.51. The van der Waals surface area contributed by atoms with Crippen molar-refractivity contribution in [2.75, 3.05) is 18.4 Å². The molecule has 38 heavy (non-hydrogen) atoms. The van der Waals surface area contributed by atoms with Crippen LogP contribution in [0, 0.1) is 12.7 Å². The van der Waals surface area contributed by atoms with E-state index >= 15 is 0 Å². The van der Waals surface area contributed by atoms with Gasteiger partial charge in [-0.2, -0.15) is 0 Å². The first-order valence-electron chi connectivity index (χ1n) is 12.9. The molecule has 2 amide bonds. The van der Waals surface area contributed by atoms with E-state index in [1.807, 2.05) is 59.7 Å². The molecule has 1 fully saturated rings. The molecule has 1 aromatic heterocycles. The SMILES string of the molecule is Cc1ccc(NC(=O)c2csc(C3CCN(C(=O)CCc4ccc(F)cc4)CC3)n2)c(-c2ccccc2)c1. The van der Waals surface area contributed by atoms with Crippen LogP contribution in [0.5, 0.6) is 0 Å². The number of halogens is 1. The normalized spacial score (nSPS) is 13.9. The fourth-order valence-electron chi connectivity index (χ4n) is 4.83. The maximum Gasteiger partial charge on any atom is 0.275 e. The number of aromatic nitrogens is 1. The van der Waals surface area contributed by atoms with Crippen molar-refractivity contribution < 1.29 is 14.0 Å². The molecule has 0 radical (unpaired) electrons. The Morgan fingerprint density at radius 1 is 1.03 bits per heavy atom. The topological polar surface area (TPSA) is 62.3 Å². The number of benzene rings is 3. The molecule has 194 valence electrons. The van der Waals surface area contributed by atoms with E-state index in [-0.39, 0.29) is 23.5 Å². The van der Waals surface area contributed by atoms with Crippen LogP contribution in [0.1, 0.15) is 51.8 Å². The number of rotatable bonds is 7. The monoisotopic (exact) mass is 527 g/mol. The quantitative estimate of drug-likeness (QED) is 0.286. The van der Waals surface area contributed by atoms with Crippen molar-refractivity contribution in [1.82, 2.24) is 9.88 Å². The van der Waals surface area contributed by atoms with Crippen LogP contribution in [0.25, 0.3) is 11.1 Å². The Morgan fingerprint density at radius 2 is 1.76 bits per heavy atom. The highest BCUT2D eigenvalue weighted by Gasteiger charge is 2.26. The average Bonchev–Trinajstić information content (AvgIpc) is 3.45. The number of hydrogen-bond donors (Lipinski definition) is 1. The van der Waals surface area contributed by atoms with Gasteiger partial charge in [-0.15, -0.1) is 11.3 Å². The van der Waals surface area contributed by atoms with E-state index in [9.17, 15) is 14.0 Å². The zero-order valence-corrected chi connectivity index (χ0v) is 22.1. The Hall–Kier alpha value is -3.84. The second-order valence-corrected chi connectivity index (χ2v) is 10.6. The number of carbonyl (C=O) groups excluding carboxylic acids is 2. The van der Waals surface area contributed by atoms with Crippen molar-refractivity contribution in [2.24, 2.45) is 0 Å². The van der Waals surface area contributed by atoms with Crippen molar-refractivity contribution in [3.8, 4) is 11.1 Å².